The van der Waals surface area contributed by atoms with Crippen LogP contribution in [-0.2, 0) is 17.9 Å². The molecule has 7 heteroatoms. The Labute approximate surface area is 198 Å². The number of anilines is 1. The fraction of sp³-hybridized carbons (Fsp3) is 0.520. The number of piperazine rings is 1. The molecule has 2 aromatic rings. The van der Waals surface area contributed by atoms with E-state index in [-0.39, 0.29) is 24.4 Å². The van der Waals surface area contributed by atoms with E-state index in [1.807, 2.05) is 17.0 Å². The lowest BCUT2D eigenvalue weighted by atomic mass is 10.1. The first-order chi connectivity index (χ1) is 15.1. The Balaban J connectivity index is 0.00000289. The van der Waals surface area contributed by atoms with E-state index in [2.05, 4.69) is 54.0 Å². The van der Waals surface area contributed by atoms with E-state index in [1.165, 1.54) is 5.69 Å². The van der Waals surface area contributed by atoms with Gasteiger partial charge < -0.3 is 14.5 Å². The summed E-state index contributed by atoms with van der Waals surface area (Å²) in [7, 11) is 0. The summed E-state index contributed by atoms with van der Waals surface area (Å²) in [4.78, 5) is 23.8. The van der Waals surface area contributed by atoms with Gasteiger partial charge >= 0.3 is 0 Å². The van der Waals surface area contributed by atoms with E-state index >= 15 is 0 Å². The van der Waals surface area contributed by atoms with Crippen molar-refractivity contribution in [3.05, 3.63) is 53.9 Å². The van der Waals surface area contributed by atoms with Crippen molar-refractivity contribution >= 4 is 24.0 Å². The molecule has 2 aliphatic heterocycles. The number of para-hydroxylation sites is 2. The van der Waals surface area contributed by atoms with E-state index in [1.54, 1.807) is 0 Å². The molecular weight excluding hydrogens is 424 g/mol. The Hall–Kier alpha value is -2.31. The highest BCUT2D eigenvalue weighted by Crippen LogP contribution is 2.29. The highest BCUT2D eigenvalue weighted by molar-refractivity contribution is 5.85. The average molecular weight is 459 g/mol. The molecule has 0 spiro atoms. The van der Waals surface area contributed by atoms with Crippen LogP contribution in [0.5, 0.6) is 5.75 Å². The van der Waals surface area contributed by atoms with Crippen molar-refractivity contribution in [3.63, 3.8) is 0 Å². The number of carbonyl (C=O) groups is 1. The molecule has 1 aromatic heterocycles. The van der Waals surface area contributed by atoms with Crippen molar-refractivity contribution in [2.24, 2.45) is 0 Å². The first-order valence-electron chi connectivity index (χ1n) is 11.5. The van der Waals surface area contributed by atoms with Crippen LogP contribution in [0.2, 0.25) is 0 Å². The maximum Gasteiger partial charge on any atom is 0.222 e. The van der Waals surface area contributed by atoms with Crippen LogP contribution in [0, 0.1) is 0 Å². The number of amides is 1. The van der Waals surface area contributed by atoms with Gasteiger partial charge in [0.15, 0.2) is 0 Å². The maximum atomic E-state index is 12.1. The lowest BCUT2D eigenvalue weighted by molar-refractivity contribution is -0.133. The number of rotatable bonds is 7. The molecule has 0 unspecified atom stereocenters. The topological polar surface area (TPSA) is 48.9 Å². The van der Waals surface area contributed by atoms with E-state index in [4.69, 9.17) is 9.72 Å². The molecule has 3 heterocycles. The zero-order valence-electron chi connectivity index (χ0n) is 19.2. The van der Waals surface area contributed by atoms with Crippen molar-refractivity contribution in [3.8, 4) is 5.75 Å². The van der Waals surface area contributed by atoms with Crippen LogP contribution in [0.15, 0.2) is 42.5 Å². The molecule has 2 aliphatic rings. The molecule has 0 atom stereocenters. The lowest BCUT2D eigenvalue weighted by Gasteiger charge is -2.36. The number of likely N-dealkylation sites (tertiary alicyclic amines) is 1. The van der Waals surface area contributed by atoms with Gasteiger partial charge in [0.2, 0.25) is 5.91 Å². The van der Waals surface area contributed by atoms with Crippen molar-refractivity contribution in [1.82, 2.24) is 14.8 Å². The first-order valence-corrected chi connectivity index (χ1v) is 11.5. The number of hydrogen-bond acceptors (Lipinski definition) is 5. The van der Waals surface area contributed by atoms with Gasteiger partial charge in [-0.1, -0.05) is 18.2 Å². The van der Waals surface area contributed by atoms with Gasteiger partial charge in [0.25, 0.3) is 0 Å². The normalized spacial score (nSPS) is 17.4. The van der Waals surface area contributed by atoms with Crippen molar-refractivity contribution in [2.45, 2.75) is 52.3 Å². The number of ether oxygens (including phenoxy) is 1. The summed E-state index contributed by atoms with van der Waals surface area (Å²) in [5.74, 6) is 1.23. The zero-order valence-corrected chi connectivity index (χ0v) is 20.0. The molecule has 0 N–H and O–H groups in total. The number of carbonyl (C=O) groups excluding carboxylic acids is 1. The van der Waals surface area contributed by atoms with E-state index in [0.29, 0.717) is 13.0 Å². The van der Waals surface area contributed by atoms with Crippen LogP contribution in [0.25, 0.3) is 0 Å². The minimum Gasteiger partial charge on any atom is -0.489 e. The fourth-order valence-corrected chi connectivity index (χ4v) is 4.38. The van der Waals surface area contributed by atoms with E-state index in [9.17, 15) is 4.79 Å². The van der Waals surface area contributed by atoms with Gasteiger partial charge in [0.05, 0.1) is 29.7 Å². The molecule has 0 bridgehead atoms. The zero-order chi connectivity index (χ0) is 21.6. The summed E-state index contributed by atoms with van der Waals surface area (Å²) >= 11 is 0. The number of nitrogens with zero attached hydrogens (tertiary/aromatic N) is 4. The van der Waals surface area contributed by atoms with Gasteiger partial charge in [-0.3, -0.25) is 14.7 Å². The van der Waals surface area contributed by atoms with Crippen molar-refractivity contribution < 1.29 is 9.53 Å². The molecule has 1 aromatic carbocycles. The fourth-order valence-electron chi connectivity index (χ4n) is 4.38. The predicted octanol–water partition coefficient (Wildman–Crippen LogP) is 4.13. The Morgan fingerprint density at radius 1 is 0.906 bits per heavy atom. The molecule has 4 rings (SSSR count). The lowest BCUT2D eigenvalue weighted by Crippen LogP contribution is -2.46. The molecule has 0 saturated carbocycles. The number of benzene rings is 1. The minimum atomic E-state index is 0. The molecule has 0 radical (unpaired) electrons. The second kappa shape index (κ2) is 11.5. The monoisotopic (exact) mass is 458 g/mol. The van der Waals surface area contributed by atoms with Gasteiger partial charge in [-0.15, -0.1) is 12.4 Å². The number of halogens is 1. The van der Waals surface area contributed by atoms with Crippen molar-refractivity contribution in [1.29, 1.82) is 0 Å². The summed E-state index contributed by atoms with van der Waals surface area (Å²) in [6.07, 6.45) is 2.96. The third kappa shape index (κ3) is 6.36. The smallest absolute Gasteiger partial charge is 0.222 e. The third-order valence-corrected chi connectivity index (χ3v) is 5.97. The molecular formula is C25H35ClN4O2. The number of hydrogen-bond donors (Lipinski definition) is 0. The largest absolute Gasteiger partial charge is 0.489 e. The van der Waals surface area contributed by atoms with Crippen LogP contribution >= 0.6 is 12.4 Å². The number of aromatic nitrogens is 1. The second-order valence-electron chi connectivity index (χ2n) is 8.79. The molecule has 1 amide bonds. The predicted molar refractivity (Wildman–Crippen MR) is 130 cm³/mol. The average Bonchev–Trinajstić information content (AvgIpc) is 2.76. The Bertz CT molecular complexity index is 884. The molecule has 6 nitrogen and oxygen atoms in total. The SMILES string of the molecule is CC(C)Oc1ccccc1N1CCN(Cc2cccc(CN3CCCCC3=O)n2)CC1.Cl. The van der Waals surface area contributed by atoms with E-state index < -0.39 is 0 Å². The van der Waals surface area contributed by atoms with Gasteiger partial charge in [0, 0.05) is 45.7 Å². The van der Waals surface area contributed by atoms with Gasteiger partial charge in [-0.25, -0.2) is 0 Å². The Morgan fingerprint density at radius 2 is 1.62 bits per heavy atom. The van der Waals surface area contributed by atoms with Crippen LogP contribution in [-0.4, -0.2) is 59.5 Å². The van der Waals surface area contributed by atoms with Gasteiger partial charge in [-0.05, 0) is 51.0 Å². The summed E-state index contributed by atoms with van der Waals surface area (Å²) in [5.41, 5.74) is 3.26. The molecule has 2 fully saturated rings. The number of pyridine rings is 1. The van der Waals surface area contributed by atoms with Crippen molar-refractivity contribution in [2.75, 3.05) is 37.6 Å². The number of piperidine rings is 1. The summed E-state index contributed by atoms with van der Waals surface area (Å²) in [5, 5.41) is 0. The van der Waals surface area contributed by atoms with Gasteiger partial charge in [0.1, 0.15) is 5.75 Å². The summed E-state index contributed by atoms with van der Waals surface area (Å²) in [6.45, 7) is 10.4. The maximum absolute atomic E-state index is 12.1. The summed E-state index contributed by atoms with van der Waals surface area (Å²) in [6, 6.07) is 14.5. The molecule has 32 heavy (non-hydrogen) atoms. The van der Waals surface area contributed by atoms with Crippen LogP contribution in [0.4, 0.5) is 5.69 Å². The quantitative estimate of drug-likeness (QED) is 0.624. The van der Waals surface area contributed by atoms with Crippen LogP contribution in [0.3, 0.4) is 0 Å². The highest BCUT2D eigenvalue weighted by atomic mass is 35.5. The molecule has 174 valence electrons. The first kappa shape index (κ1) is 24.3. The third-order valence-electron chi connectivity index (χ3n) is 5.97. The molecule has 2 saturated heterocycles. The Kier molecular flexibility index (Phi) is 8.76. The van der Waals surface area contributed by atoms with Crippen LogP contribution in [0.1, 0.15) is 44.5 Å². The Morgan fingerprint density at radius 3 is 2.34 bits per heavy atom. The van der Waals surface area contributed by atoms with Gasteiger partial charge in [-0.2, -0.15) is 0 Å². The second-order valence-corrected chi connectivity index (χ2v) is 8.79. The molecule has 0 aliphatic carbocycles. The summed E-state index contributed by atoms with van der Waals surface area (Å²) < 4.78 is 6.01. The standard InChI is InChI=1S/C25H34N4O2.ClH/c1-20(2)31-24-11-4-3-10-23(24)28-16-14-27(15-17-28)18-21-8-7-9-22(26-21)19-29-13-6-5-12-25(29)30;/h3-4,7-11,20H,5-6,12-19H2,1-2H3;1H. The highest BCUT2D eigenvalue weighted by Gasteiger charge is 2.21. The van der Waals surface area contributed by atoms with E-state index in [0.717, 1.165) is 69.2 Å². The minimum absolute atomic E-state index is 0. The van der Waals surface area contributed by atoms with Crippen LogP contribution < -0.4 is 9.64 Å².